The van der Waals surface area contributed by atoms with E-state index in [0.29, 0.717) is 33.0 Å². The second kappa shape index (κ2) is 8.54. The molecule has 0 saturated heterocycles. The van der Waals surface area contributed by atoms with Gasteiger partial charge in [0.2, 0.25) is 0 Å². The molecule has 0 spiro atoms. The number of carbonyl (C=O) groups is 1. The Labute approximate surface area is 99.9 Å². The number of rotatable bonds is 9. The summed E-state index contributed by atoms with van der Waals surface area (Å²) in [5.74, 6) is 0. The van der Waals surface area contributed by atoms with Gasteiger partial charge in [-0.2, -0.15) is 5.10 Å². The van der Waals surface area contributed by atoms with Crippen LogP contribution in [-0.4, -0.2) is 48.8 Å². The summed E-state index contributed by atoms with van der Waals surface area (Å²) >= 11 is 0. The molecule has 0 aliphatic rings. The number of amides is 2. The number of nitrogens with two attached hydrogens (primary N) is 1. The first-order valence-electron chi connectivity index (χ1n) is 5.45. The van der Waals surface area contributed by atoms with E-state index in [-0.39, 0.29) is 0 Å². The number of hydrogen-bond acceptors (Lipinski definition) is 4. The third kappa shape index (κ3) is 7.31. The summed E-state index contributed by atoms with van der Waals surface area (Å²) in [7, 11) is 0. The van der Waals surface area contributed by atoms with Crippen molar-refractivity contribution in [1.29, 1.82) is 0 Å². The number of ether oxygens (including phenoxy) is 2. The zero-order chi connectivity index (χ0) is 12.3. The van der Waals surface area contributed by atoms with Crippen molar-refractivity contribution in [2.75, 3.05) is 33.0 Å². The summed E-state index contributed by atoms with van der Waals surface area (Å²) in [6.45, 7) is 3.21. The van der Waals surface area contributed by atoms with E-state index in [9.17, 15) is 4.79 Å². The van der Waals surface area contributed by atoms with E-state index in [1.165, 1.54) is 0 Å². The highest BCUT2D eigenvalue weighted by atomic mass is 16.5. The van der Waals surface area contributed by atoms with Crippen LogP contribution < -0.4 is 11.1 Å². The van der Waals surface area contributed by atoms with E-state index < -0.39 is 6.03 Å². The normalized spacial score (nSPS) is 10.4. The van der Waals surface area contributed by atoms with Crippen LogP contribution in [0.2, 0.25) is 0 Å². The molecule has 0 aliphatic carbocycles. The Kier molecular flexibility index (Phi) is 6.76. The Morgan fingerprint density at radius 3 is 2.71 bits per heavy atom. The average molecular weight is 242 g/mol. The van der Waals surface area contributed by atoms with Crippen molar-refractivity contribution in [2.24, 2.45) is 5.73 Å². The van der Waals surface area contributed by atoms with Gasteiger partial charge in [-0.05, 0) is 6.07 Å². The van der Waals surface area contributed by atoms with Crippen LogP contribution in [0.1, 0.15) is 0 Å². The number of nitrogens with one attached hydrogen (secondary N) is 1. The Balaban J connectivity index is 1.80. The molecule has 7 heteroatoms. The first kappa shape index (κ1) is 13.5. The molecule has 0 radical (unpaired) electrons. The van der Waals surface area contributed by atoms with Crippen LogP contribution in [0.3, 0.4) is 0 Å². The molecule has 0 fully saturated rings. The molecule has 1 aromatic rings. The molecular weight excluding hydrogens is 224 g/mol. The maximum atomic E-state index is 10.3. The number of hydrogen-bond donors (Lipinski definition) is 2. The van der Waals surface area contributed by atoms with Crippen LogP contribution in [0.4, 0.5) is 4.79 Å². The highest BCUT2D eigenvalue weighted by molar-refractivity contribution is 5.71. The largest absolute Gasteiger partial charge is 0.377 e. The van der Waals surface area contributed by atoms with E-state index in [2.05, 4.69) is 10.4 Å². The molecule has 0 saturated carbocycles. The van der Waals surface area contributed by atoms with Gasteiger partial charge >= 0.3 is 6.03 Å². The SMILES string of the molecule is NC(=O)NCCOCCOCCn1cccn1. The maximum Gasteiger partial charge on any atom is 0.312 e. The van der Waals surface area contributed by atoms with Crippen LogP contribution >= 0.6 is 0 Å². The lowest BCUT2D eigenvalue weighted by molar-refractivity contribution is 0.0456. The first-order valence-corrected chi connectivity index (χ1v) is 5.45. The molecule has 96 valence electrons. The number of nitrogens with zero attached hydrogens (tertiary/aromatic N) is 2. The van der Waals surface area contributed by atoms with Gasteiger partial charge in [-0.3, -0.25) is 4.68 Å². The number of urea groups is 1. The highest BCUT2D eigenvalue weighted by Gasteiger charge is 1.93. The fourth-order valence-corrected chi connectivity index (χ4v) is 1.16. The molecule has 17 heavy (non-hydrogen) atoms. The Morgan fingerprint density at radius 1 is 1.29 bits per heavy atom. The van der Waals surface area contributed by atoms with Gasteiger partial charge in [0.25, 0.3) is 0 Å². The van der Waals surface area contributed by atoms with Gasteiger partial charge in [-0.25, -0.2) is 4.79 Å². The number of carbonyl (C=O) groups excluding carboxylic acids is 1. The zero-order valence-electron chi connectivity index (χ0n) is 9.67. The lowest BCUT2D eigenvalue weighted by Crippen LogP contribution is -2.32. The second-order valence-corrected chi connectivity index (χ2v) is 3.28. The topological polar surface area (TPSA) is 91.4 Å². The highest BCUT2D eigenvalue weighted by Crippen LogP contribution is 1.85. The van der Waals surface area contributed by atoms with Gasteiger partial charge < -0.3 is 20.5 Å². The minimum Gasteiger partial charge on any atom is -0.377 e. The smallest absolute Gasteiger partial charge is 0.312 e. The van der Waals surface area contributed by atoms with Gasteiger partial charge in [0.1, 0.15) is 0 Å². The van der Waals surface area contributed by atoms with Gasteiger partial charge in [-0.1, -0.05) is 0 Å². The monoisotopic (exact) mass is 242 g/mol. The van der Waals surface area contributed by atoms with Crippen LogP contribution in [-0.2, 0) is 16.0 Å². The summed E-state index contributed by atoms with van der Waals surface area (Å²) in [5, 5.41) is 6.47. The van der Waals surface area contributed by atoms with E-state index in [1.54, 1.807) is 10.9 Å². The van der Waals surface area contributed by atoms with Crippen molar-refractivity contribution in [3.63, 3.8) is 0 Å². The fourth-order valence-electron chi connectivity index (χ4n) is 1.16. The Bertz CT molecular complexity index is 303. The number of primary amides is 1. The average Bonchev–Trinajstić information content (AvgIpc) is 2.79. The van der Waals surface area contributed by atoms with Crippen molar-refractivity contribution in [3.8, 4) is 0 Å². The minimum atomic E-state index is -0.538. The van der Waals surface area contributed by atoms with Gasteiger partial charge in [-0.15, -0.1) is 0 Å². The van der Waals surface area contributed by atoms with E-state index in [4.69, 9.17) is 15.2 Å². The summed E-state index contributed by atoms with van der Waals surface area (Å²) in [5.41, 5.74) is 4.88. The summed E-state index contributed by atoms with van der Waals surface area (Å²) in [4.78, 5) is 10.3. The van der Waals surface area contributed by atoms with Crippen molar-refractivity contribution < 1.29 is 14.3 Å². The molecular formula is C10H18N4O3. The summed E-state index contributed by atoms with van der Waals surface area (Å²) in [6.07, 6.45) is 3.62. The minimum absolute atomic E-state index is 0.419. The molecule has 2 amide bonds. The Hall–Kier alpha value is -1.60. The van der Waals surface area contributed by atoms with Crippen molar-refractivity contribution in [2.45, 2.75) is 6.54 Å². The molecule has 0 bridgehead atoms. The predicted molar refractivity (Wildman–Crippen MR) is 61.5 cm³/mol. The van der Waals surface area contributed by atoms with E-state index in [1.807, 2.05) is 12.3 Å². The summed E-state index contributed by atoms with van der Waals surface area (Å²) < 4.78 is 12.3. The van der Waals surface area contributed by atoms with Crippen molar-refractivity contribution in [1.82, 2.24) is 15.1 Å². The lowest BCUT2D eigenvalue weighted by atomic mass is 10.6. The molecule has 1 heterocycles. The Morgan fingerprint density at radius 2 is 2.06 bits per heavy atom. The van der Waals surface area contributed by atoms with Gasteiger partial charge in [0.05, 0.1) is 33.0 Å². The predicted octanol–water partition coefficient (Wildman–Crippen LogP) is -0.415. The molecule has 0 atom stereocenters. The quantitative estimate of drug-likeness (QED) is 0.576. The molecule has 0 unspecified atom stereocenters. The van der Waals surface area contributed by atoms with Crippen molar-refractivity contribution in [3.05, 3.63) is 18.5 Å². The van der Waals surface area contributed by atoms with Crippen LogP contribution in [0, 0.1) is 0 Å². The summed E-state index contributed by atoms with van der Waals surface area (Å²) in [6, 6.07) is 1.33. The van der Waals surface area contributed by atoms with Crippen molar-refractivity contribution >= 4 is 6.03 Å². The van der Waals surface area contributed by atoms with Gasteiger partial charge in [0.15, 0.2) is 0 Å². The zero-order valence-corrected chi connectivity index (χ0v) is 9.67. The fraction of sp³-hybridized carbons (Fsp3) is 0.600. The van der Waals surface area contributed by atoms with Crippen LogP contribution in [0.15, 0.2) is 18.5 Å². The number of aromatic nitrogens is 2. The molecule has 7 nitrogen and oxygen atoms in total. The molecule has 1 rings (SSSR count). The third-order valence-corrected chi connectivity index (χ3v) is 1.94. The van der Waals surface area contributed by atoms with Crippen LogP contribution in [0.5, 0.6) is 0 Å². The van der Waals surface area contributed by atoms with Gasteiger partial charge in [0, 0.05) is 18.9 Å². The third-order valence-electron chi connectivity index (χ3n) is 1.94. The second-order valence-electron chi connectivity index (χ2n) is 3.28. The lowest BCUT2D eigenvalue weighted by Gasteiger charge is -2.06. The molecule has 1 aromatic heterocycles. The van der Waals surface area contributed by atoms with Crippen LogP contribution in [0.25, 0.3) is 0 Å². The standard InChI is InChI=1S/C10H18N4O3/c11-10(15)12-3-6-16-8-9-17-7-5-14-4-1-2-13-14/h1-2,4H,3,5-9H2,(H3,11,12,15). The maximum absolute atomic E-state index is 10.3. The molecule has 0 aliphatic heterocycles. The first-order chi connectivity index (χ1) is 8.29. The molecule has 3 N–H and O–H groups in total. The van der Waals surface area contributed by atoms with E-state index >= 15 is 0 Å². The van der Waals surface area contributed by atoms with E-state index in [0.717, 1.165) is 6.54 Å². The molecule has 0 aromatic carbocycles.